The van der Waals surface area contributed by atoms with Crippen molar-refractivity contribution < 1.29 is 4.74 Å². The Morgan fingerprint density at radius 3 is 2.37 bits per heavy atom. The van der Waals surface area contributed by atoms with Crippen LogP contribution in [0.2, 0.25) is 10.0 Å². The van der Waals surface area contributed by atoms with E-state index in [1.807, 2.05) is 18.2 Å². The molecule has 0 amide bonds. The number of halogens is 4. The van der Waals surface area contributed by atoms with Gasteiger partial charge in [-0.3, -0.25) is 0 Å². The number of nitrogens with zero attached hydrogens (tertiary/aromatic N) is 1. The van der Waals surface area contributed by atoms with Gasteiger partial charge < -0.3 is 9.64 Å². The van der Waals surface area contributed by atoms with E-state index in [-0.39, 0.29) is 0 Å². The predicted molar refractivity (Wildman–Crippen MR) is 124 cm³/mol. The van der Waals surface area contributed by atoms with Gasteiger partial charge in [0.15, 0.2) is 0 Å². The van der Waals surface area contributed by atoms with Crippen LogP contribution in [0.5, 0.6) is 5.75 Å². The third-order valence-corrected chi connectivity index (χ3v) is 6.96. The van der Waals surface area contributed by atoms with Gasteiger partial charge >= 0.3 is 0 Å². The van der Waals surface area contributed by atoms with Crippen molar-refractivity contribution >= 4 is 72.3 Å². The number of likely N-dealkylation sites (tertiary alicyclic amines) is 1. The molecular formula is C20H19Br2Cl2NOS. The Balaban J connectivity index is 1.73. The zero-order valence-electron chi connectivity index (χ0n) is 14.8. The Morgan fingerprint density at radius 1 is 1.15 bits per heavy atom. The predicted octanol–water partition coefficient (Wildman–Crippen LogP) is 7.50. The molecule has 0 radical (unpaired) electrons. The maximum Gasteiger partial charge on any atom is 0.148 e. The maximum absolute atomic E-state index is 6.23. The standard InChI is InChI=1S/C20H19Br2Cl2NOS/c1-12-4-6-25(7-5-12)20(27)14-8-16(21)19(17(22)9-14)26-11-13-2-3-15(23)10-18(13)24/h2-3,8-10,12H,4-7,11H2,1H3. The number of thiocarbonyl (C=S) groups is 1. The first-order chi connectivity index (χ1) is 12.8. The summed E-state index contributed by atoms with van der Waals surface area (Å²) >= 11 is 25.1. The van der Waals surface area contributed by atoms with Crippen LogP contribution < -0.4 is 4.74 Å². The molecule has 1 heterocycles. The van der Waals surface area contributed by atoms with Gasteiger partial charge in [-0.15, -0.1) is 0 Å². The topological polar surface area (TPSA) is 12.5 Å². The number of hydrogen-bond acceptors (Lipinski definition) is 2. The third kappa shape index (κ3) is 5.39. The summed E-state index contributed by atoms with van der Waals surface area (Å²) < 4.78 is 7.69. The van der Waals surface area contributed by atoms with Crippen molar-refractivity contribution in [3.63, 3.8) is 0 Å². The highest BCUT2D eigenvalue weighted by Crippen LogP contribution is 2.36. The Kier molecular flexibility index (Phi) is 7.48. The van der Waals surface area contributed by atoms with Gasteiger partial charge in [0.05, 0.1) is 8.95 Å². The van der Waals surface area contributed by atoms with E-state index in [4.69, 9.17) is 40.2 Å². The van der Waals surface area contributed by atoms with Crippen LogP contribution >= 0.6 is 67.3 Å². The Bertz CT molecular complexity index is 831. The Morgan fingerprint density at radius 2 is 1.78 bits per heavy atom. The molecule has 27 heavy (non-hydrogen) atoms. The molecule has 1 aliphatic heterocycles. The first-order valence-corrected chi connectivity index (χ1v) is 11.4. The van der Waals surface area contributed by atoms with Crippen LogP contribution in [-0.2, 0) is 6.61 Å². The lowest BCUT2D eigenvalue weighted by Gasteiger charge is -2.32. The lowest BCUT2D eigenvalue weighted by atomic mass is 9.99. The number of hydrogen-bond donors (Lipinski definition) is 0. The average molecular weight is 552 g/mol. The van der Waals surface area contributed by atoms with Crippen molar-refractivity contribution in [2.24, 2.45) is 5.92 Å². The van der Waals surface area contributed by atoms with Crippen LogP contribution in [-0.4, -0.2) is 23.0 Å². The molecule has 0 atom stereocenters. The lowest BCUT2D eigenvalue weighted by Crippen LogP contribution is -2.37. The van der Waals surface area contributed by atoms with Crippen molar-refractivity contribution in [1.29, 1.82) is 0 Å². The molecule has 0 unspecified atom stereocenters. The Labute approximate surface area is 192 Å². The van der Waals surface area contributed by atoms with Gasteiger partial charge in [-0.25, -0.2) is 0 Å². The van der Waals surface area contributed by atoms with Crippen LogP contribution in [0.15, 0.2) is 39.3 Å². The fraction of sp³-hybridized carbons (Fsp3) is 0.350. The molecule has 2 aromatic carbocycles. The van der Waals surface area contributed by atoms with Crippen LogP contribution in [0.1, 0.15) is 30.9 Å². The van der Waals surface area contributed by atoms with E-state index in [2.05, 4.69) is 43.7 Å². The van der Waals surface area contributed by atoms with Crippen LogP contribution in [0.4, 0.5) is 0 Å². The second kappa shape index (κ2) is 9.45. The van der Waals surface area contributed by atoms with E-state index in [0.29, 0.717) is 16.7 Å². The molecule has 1 fully saturated rings. The van der Waals surface area contributed by atoms with E-state index < -0.39 is 0 Å². The molecule has 0 spiro atoms. The van der Waals surface area contributed by atoms with E-state index in [0.717, 1.165) is 49.8 Å². The normalized spacial score (nSPS) is 15.1. The van der Waals surface area contributed by atoms with Gasteiger partial charge in [-0.2, -0.15) is 0 Å². The number of benzene rings is 2. The van der Waals surface area contributed by atoms with E-state index in [9.17, 15) is 0 Å². The summed E-state index contributed by atoms with van der Waals surface area (Å²) in [7, 11) is 0. The first-order valence-electron chi connectivity index (χ1n) is 8.70. The molecule has 0 N–H and O–H groups in total. The summed E-state index contributed by atoms with van der Waals surface area (Å²) in [6.07, 6.45) is 2.37. The lowest BCUT2D eigenvalue weighted by molar-refractivity contribution is 0.284. The van der Waals surface area contributed by atoms with Crippen LogP contribution in [0.25, 0.3) is 0 Å². The monoisotopic (exact) mass is 549 g/mol. The minimum absolute atomic E-state index is 0.348. The van der Waals surface area contributed by atoms with Gasteiger partial charge in [-0.05, 0) is 74.9 Å². The van der Waals surface area contributed by atoms with E-state index in [1.54, 1.807) is 12.1 Å². The second-order valence-corrected chi connectivity index (χ2v) is 9.71. The fourth-order valence-corrected chi connectivity index (χ4v) is 5.18. The molecule has 0 saturated carbocycles. The van der Waals surface area contributed by atoms with Gasteiger partial charge in [0.1, 0.15) is 17.3 Å². The Hall–Kier alpha value is -0.330. The van der Waals surface area contributed by atoms with Gasteiger partial charge in [0.25, 0.3) is 0 Å². The molecule has 0 aromatic heterocycles. The SMILES string of the molecule is CC1CCN(C(=S)c2cc(Br)c(OCc3ccc(Cl)cc3Cl)c(Br)c2)CC1. The molecule has 1 saturated heterocycles. The quantitative estimate of drug-likeness (QED) is 0.365. The van der Waals surface area contributed by atoms with Crippen molar-refractivity contribution in [2.75, 3.05) is 13.1 Å². The van der Waals surface area contributed by atoms with Gasteiger partial charge in [0, 0.05) is 34.3 Å². The molecule has 144 valence electrons. The molecule has 2 nitrogen and oxygen atoms in total. The van der Waals surface area contributed by atoms with Crippen molar-refractivity contribution in [2.45, 2.75) is 26.4 Å². The van der Waals surface area contributed by atoms with Crippen LogP contribution in [0, 0.1) is 5.92 Å². The van der Waals surface area contributed by atoms with Crippen molar-refractivity contribution in [1.82, 2.24) is 4.90 Å². The summed E-state index contributed by atoms with van der Waals surface area (Å²) in [5, 5.41) is 1.20. The summed E-state index contributed by atoms with van der Waals surface area (Å²) in [6.45, 7) is 4.68. The van der Waals surface area contributed by atoms with E-state index in [1.165, 1.54) is 12.8 Å². The molecule has 7 heteroatoms. The summed E-state index contributed by atoms with van der Waals surface area (Å²) in [4.78, 5) is 3.17. The highest BCUT2D eigenvalue weighted by molar-refractivity contribution is 9.11. The van der Waals surface area contributed by atoms with Crippen molar-refractivity contribution in [3.05, 3.63) is 60.4 Å². The summed E-state index contributed by atoms with van der Waals surface area (Å²) in [5.74, 6) is 1.50. The molecular weight excluding hydrogens is 533 g/mol. The van der Waals surface area contributed by atoms with Gasteiger partial charge in [-0.1, -0.05) is 48.4 Å². The zero-order valence-corrected chi connectivity index (χ0v) is 20.3. The molecule has 0 bridgehead atoms. The zero-order chi connectivity index (χ0) is 19.6. The number of ether oxygens (including phenoxy) is 1. The van der Waals surface area contributed by atoms with Crippen molar-refractivity contribution in [3.8, 4) is 5.75 Å². The van der Waals surface area contributed by atoms with E-state index >= 15 is 0 Å². The minimum atomic E-state index is 0.348. The summed E-state index contributed by atoms with van der Waals surface area (Å²) in [5.41, 5.74) is 1.89. The highest BCUT2D eigenvalue weighted by Gasteiger charge is 2.20. The molecule has 0 aliphatic carbocycles. The molecule has 1 aliphatic rings. The third-order valence-electron chi connectivity index (χ3n) is 4.70. The summed E-state index contributed by atoms with van der Waals surface area (Å²) in [6, 6.07) is 9.42. The maximum atomic E-state index is 6.23. The molecule has 2 aromatic rings. The average Bonchev–Trinajstić information content (AvgIpc) is 2.62. The molecule has 3 rings (SSSR count). The first kappa shape index (κ1) is 21.4. The minimum Gasteiger partial charge on any atom is -0.486 e. The number of rotatable bonds is 4. The van der Waals surface area contributed by atoms with Gasteiger partial charge in [0.2, 0.25) is 0 Å². The largest absolute Gasteiger partial charge is 0.486 e. The second-order valence-electron chi connectivity index (χ2n) is 6.77. The smallest absolute Gasteiger partial charge is 0.148 e. The van der Waals surface area contributed by atoms with Crippen LogP contribution in [0.3, 0.4) is 0 Å². The highest BCUT2D eigenvalue weighted by atomic mass is 79.9. The number of piperidine rings is 1. The fourth-order valence-electron chi connectivity index (χ4n) is 3.00.